The monoisotopic (exact) mass is 335 g/mol. The van der Waals surface area contributed by atoms with Gasteiger partial charge in [0.15, 0.2) is 0 Å². The molecule has 2 aromatic heterocycles. The third-order valence-electron chi connectivity index (χ3n) is 4.31. The highest BCUT2D eigenvalue weighted by Gasteiger charge is 2.26. The second-order valence-electron chi connectivity index (χ2n) is 5.96. The van der Waals surface area contributed by atoms with Crippen LogP contribution in [0.3, 0.4) is 0 Å². The predicted molar refractivity (Wildman–Crippen MR) is 90.5 cm³/mol. The molecule has 6 heteroatoms. The van der Waals surface area contributed by atoms with E-state index in [0.717, 1.165) is 22.6 Å². The molecule has 0 atom stereocenters. The van der Waals surface area contributed by atoms with Crippen LogP contribution in [-0.4, -0.2) is 32.4 Å². The van der Waals surface area contributed by atoms with Gasteiger partial charge in [-0.15, -0.1) is 0 Å². The Bertz CT molecular complexity index is 888. The van der Waals surface area contributed by atoms with Crippen LogP contribution in [0.5, 0.6) is 0 Å². The Morgan fingerprint density at radius 3 is 2.80 bits per heavy atom. The summed E-state index contributed by atoms with van der Waals surface area (Å²) in [5.74, 6) is 1.33. The fourth-order valence-electron chi connectivity index (χ4n) is 2.92. The molecule has 1 N–H and O–H groups in total. The molecule has 0 aliphatic carbocycles. The van der Waals surface area contributed by atoms with Crippen LogP contribution in [0.4, 0.5) is 0 Å². The number of pyridine rings is 1. The van der Waals surface area contributed by atoms with Crippen LogP contribution in [-0.2, 0) is 19.6 Å². The van der Waals surface area contributed by atoms with E-state index in [1.54, 1.807) is 41.6 Å². The molecule has 25 heavy (non-hydrogen) atoms. The topological polar surface area (TPSA) is 79.5 Å². The van der Waals surface area contributed by atoms with Crippen molar-refractivity contribution < 1.29 is 14.3 Å². The van der Waals surface area contributed by atoms with Crippen molar-refractivity contribution >= 4 is 5.91 Å². The highest BCUT2D eigenvalue weighted by molar-refractivity contribution is 5.94. The maximum Gasteiger partial charge on any atom is 0.254 e. The smallest absolute Gasteiger partial charge is 0.254 e. The van der Waals surface area contributed by atoms with Gasteiger partial charge in [-0.2, -0.15) is 0 Å². The summed E-state index contributed by atoms with van der Waals surface area (Å²) in [4.78, 5) is 23.1. The molecule has 6 nitrogen and oxygen atoms in total. The predicted octanol–water partition coefficient (Wildman–Crippen LogP) is 2.43. The SMILES string of the molecule is O=C(c1ccc(CO)cc1)N1CCc2oc(-c3cccnc3)nc2C1. The molecule has 1 aliphatic heterocycles. The highest BCUT2D eigenvalue weighted by atomic mass is 16.4. The normalized spacial score (nSPS) is 13.6. The second-order valence-corrected chi connectivity index (χ2v) is 5.96. The van der Waals surface area contributed by atoms with Crippen LogP contribution in [0.1, 0.15) is 27.4 Å². The molecule has 1 aromatic carbocycles. The standard InChI is InChI=1S/C19H17N3O3/c23-12-13-3-5-14(6-4-13)19(24)22-9-7-17-16(11-22)21-18(25-17)15-2-1-8-20-10-15/h1-6,8,10,23H,7,9,11-12H2. The van der Waals surface area contributed by atoms with E-state index in [2.05, 4.69) is 9.97 Å². The van der Waals surface area contributed by atoms with Crippen LogP contribution >= 0.6 is 0 Å². The first-order chi connectivity index (χ1) is 12.2. The number of hydrogen-bond donors (Lipinski definition) is 1. The summed E-state index contributed by atoms with van der Waals surface area (Å²) < 4.78 is 5.84. The van der Waals surface area contributed by atoms with Gasteiger partial charge in [-0.05, 0) is 29.8 Å². The lowest BCUT2D eigenvalue weighted by Gasteiger charge is -2.25. The molecule has 0 bridgehead atoms. The van der Waals surface area contributed by atoms with Crippen molar-refractivity contribution in [3.05, 3.63) is 71.4 Å². The first kappa shape index (κ1) is 15.5. The number of aromatic nitrogens is 2. The molecular formula is C19H17N3O3. The van der Waals surface area contributed by atoms with Crippen molar-refractivity contribution in [2.24, 2.45) is 0 Å². The van der Waals surface area contributed by atoms with Crippen molar-refractivity contribution in [3.8, 4) is 11.5 Å². The van der Waals surface area contributed by atoms with Gasteiger partial charge in [0.05, 0.1) is 18.7 Å². The minimum absolute atomic E-state index is 0.0302. The number of benzene rings is 1. The summed E-state index contributed by atoms with van der Waals surface area (Å²) in [6.07, 6.45) is 4.06. The first-order valence-electron chi connectivity index (χ1n) is 8.12. The van der Waals surface area contributed by atoms with Crippen LogP contribution in [0.15, 0.2) is 53.2 Å². The minimum Gasteiger partial charge on any atom is -0.441 e. The van der Waals surface area contributed by atoms with Gasteiger partial charge >= 0.3 is 0 Å². The Morgan fingerprint density at radius 1 is 1.24 bits per heavy atom. The third kappa shape index (κ3) is 3.04. The number of carbonyl (C=O) groups excluding carboxylic acids is 1. The zero-order valence-corrected chi connectivity index (χ0v) is 13.6. The van der Waals surface area contributed by atoms with Crippen molar-refractivity contribution in [3.63, 3.8) is 0 Å². The van der Waals surface area contributed by atoms with Gasteiger partial charge in [0.2, 0.25) is 5.89 Å². The second kappa shape index (κ2) is 6.49. The zero-order valence-electron chi connectivity index (χ0n) is 13.6. The number of oxazole rings is 1. The van der Waals surface area contributed by atoms with Gasteiger partial charge in [0.1, 0.15) is 11.5 Å². The Kier molecular flexibility index (Phi) is 4.03. The van der Waals surface area contributed by atoms with Crippen LogP contribution in [0.2, 0.25) is 0 Å². The molecule has 0 fully saturated rings. The maximum absolute atomic E-state index is 12.7. The summed E-state index contributed by atoms with van der Waals surface area (Å²) in [6.45, 7) is 0.993. The van der Waals surface area contributed by atoms with Gasteiger partial charge < -0.3 is 14.4 Å². The van der Waals surface area contributed by atoms with Gasteiger partial charge in [-0.25, -0.2) is 4.98 Å². The van der Waals surface area contributed by atoms with Crippen LogP contribution in [0.25, 0.3) is 11.5 Å². The summed E-state index contributed by atoms with van der Waals surface area (Å²) in [5.41, 5.74) is 3.02. The number of fused-ring (bicyclic) bond motifs is 1. The van der Waals surface area contributed by atoms with Gasteiger partial charge in [-0.1, -0.05) is 12.1 Å². The number of aliphatic hydroxyl groups is 1. The van der Waals surface area contributed by atoms with Crippen LogP contribution < -0.4 is 0 Å². The number of aliphatic hydroxyl groups excluding tert-OH is 1. The van der Waals surface area contributed by atoms with Gasteiger partial charge in [0.25, 0.3) is 5.91 Å². The third-order valence-corrected chi connectivity index (χ3v) is 4.31. The van der Waals surface area contributed by atoms with Crippen molar-refractivity contribution in [1.82, 2.24) is 14.9 Å². The largest absolute Gasteiger partial charge is 0.441 e. The van der Waals surface area contributed by atoms with E-state index in [9.17, 15) is 4.79 Å². The average Bonchev–Trinajstić information content (AvgIpc) is 3.11. The number of rotatable bonds is 3. The Hall–Kier alpha value is -2.99. The maximum atomic E-state index is 12.7. The number of amides is 1. The lowest BCUT2D eigenvalue weighted by atomic mass is 10.1. The molecular weight excluding hydrogens is 318 g/mol. The minimum atomic E-state index is -0.0407. The molecule has 0 unspecified atom stereocenters. The van der Waals surface area contributed by atoms with Gasteiger partial charge in [-0.3, -0.25) is 9.78 Å². The van der Waals surface area contributed by atoms with E-state index in [4.69, 9.17) is 9.52 Å². The molecule has 0 saturated carbocycles. The van der Waals surface area contributed by atoms with Crippen molar-refractivity contribution in [1.29, 1.82) is 0 Å². The quantitative estimate of drug-likeness (QED) is 0.795. The van der Waals surface area contributed by atoms with Crippen molar-refractivity contribution in [2.75, 3.05) is 6.54 Å². The highest BCUT2D eigenvalue weighted by Crippen LogP contribution is 2.26. The molecule has 0 saturated heterocycles. The molecule has 3 aromatic rings. The average molecular weight is 335 g/mol. The molecule has 1 amide bonds. The summed E-state index contributed by atoms with van der Waals surface area (Å²) in [5, 5.41) is 9.10. The van der Waals surface area contributed by atoms with Crippen molar-refractivity contribution in [2.45, 2.75) is 19.6 Å². The van der Waals surface area contributed by atoms with E-state index in [1.165, 1.54) is 0 Å². The first-order valence-corrected chi connectivity index (χ1v) is 8.12. The summed E-state index contributed by atoms with van der Waals surface area (Å²) in [7, 11) is 0. The number of hydrogen-bond acceptors (Lipinski definition) is 5. The molecule has 3 heterocycles. The Balaban J connectivity index is 1.54. The Morgan fingerprint density at radius 2 is 2.08 bits per heavy atom. The van der Waals surface area contributed by atoms with Gasteiger partial charge in [0, 0.05) is 30.9 Å². The fourth-order valence-corrected chi connectivity index (χ4v) is 2.92. The Labute approximate surface area is 144 Å². The molecule has 4 rings (SSSR count). The molecule has 0 radical (unpaired) electrons. The van der Waals surface area contributed by atoms with E-state index in [0.29, 0.717) is 31.0 Å². The van der Waals surface area contributed by atoms with E-state index in [1.807, 2.05) is 12.1 Å². The number of carbonyl (C=O) groups is 1. The zero-order chi connectivity index (χ0) is 17.2. The molecule has 0 spiro atoms. The van der Waals surface area contributed by atoms with E-state index < -0.39 is 0 Å². The number of nitrogens with zero attached hydrogens (tertiary/aromatic N) is 3. The lowest BCUT2D eigenvalue weighted by molar-refractivity contribution is 0.0728. The lowest BCUT2D eigenvalue weighted by Crippen LogP contribution is -2.35. The molecule has 126 valence electrons. The van der Waals surface area contributed by atoms with E-state index >= 15 is 0 Å². The summed E-state index contributed by atoms with van der Waals surface area (Å²) >= 11 is 0. The fraction of sp³-hybridized carbons (Fsp3) is 0.211. The van der Waals surface area contributed by atoms with E-state index in [-0.39, 0.29) is 12.5 Å². The van der Waals surface area contributed by atoms with Crippen LogP contribution in [0, 0.1) is 0 Å². The molecule has 1 aliphatic rings. The summed E-state index contributed by atoms with van der Waals surface area (Å²) in [6, 6.07) is 10.7.